The number of methoxy groups -OCH3 is 1. The first-order valence-corrected chi connectivity index (χ1v) is 11.3. The molecule has 1 atom stereocenters. The smallest absolute Gasteiger partial charge is 0.407 e. The van der Waals surface area contributed by atoms with E-state index in [0.29, 0.717) is 18.3 Å². The first-order chi connectivity index (χ1) is 15.0. The number of piperidine rings is 1. The van der Waals surface area contributed by atoms with Gasteiger partial charge in [0.25, 0.3) is 0 Å². The van der Waals surface area contributed by atoms with Gasteiger partial charge in [-0.25, -0.2) is 9.78 Å². The van der Waals surface area contributed by atoms with Crippen molar-refractivity contribution >= 4 is 23.4 Å². The average Bonchev–Trinajstić information content (AvgIpc) is 3.17. The van der Waals surface area contributed by atoms with Gasteiger partial charge in [0.2, 0.25) is 0 Å². The number of aromatic nitrogens is 3. The van der Waals surface area contributed by atoms with Gasteiger partial charge in [-0.3, -0.25) is 4.68 Å². The molecule has 9 heteroatoms. The molecule has 3 heterocycles. The fraction of sp³-hybridized carbons (Fsp3) is 0.609. The Morgan fingerprint density at radius 1 is 1.28 bits per heavy atom. The van der Waals surface area contributed by atoms with Crippen LogP contribution in [0.1, 0.15) is 47.5 Å². The van der Waals surface area contributed by atoms with Gasteiger partial charge in [-0.2, -0.15) is 5.10 Å². The highest BCUT2D eigenvalue weighted by Crippen LogP contribution is 2.34. The van der Waals surface area contributed by atoms with Gasteiger partial charge in [0.15, 0.2) is 0 Å². The van der Waals surface area contributed by atoms with E-state index in [1.165, 1.54) is 0 Å². The van der Waals surface area contributed by atoms with Crippen LogP contribution in [0.25, 0.3) is 11.1 Å². The first-order valence-electron chi connectivity index (χ1n) is 10.9. The number of pyridine rings is 1. The van der Waals surface area contributed by atoms with Crippen molar-refractivity contribution in [1.29, 1.82) is 0 Å². The molecule has 0 unspecified atom stereocenters. The topological polar surface area (TPSA) is 81.5 Å². The van der Waals surface area contributed by atoms with Gasteiger partial charge in [-0.1, -0.05) is 11.6 Å². The summed E-state index contributed by atoms with van der Waals surface area (Å²) in [6.45, 7) is 11.8. The van der Waals surface area contributed by atoms with Crippen LogP contribution >= 0.6 is 11.6 Å². The number of alkyl carbamates (subject to hydrolysis) is 1. The van der Waals surface area contributed by atoms with Gasteiger partial charge < -0.3 is 19.7 Å². The fourth-order valence-corrected chi connectivity index (χ4v) is 4.06. The number of anilines is 1. The highest BCUT2D eigenvalue weighted by molar-refractivity contribution is 6.29. The van der Waals surface area contributed by atoms with Crippen LogP contribution in [-0.2, 0) is 15.0 Å². The minimum absolute atomic E-state index is 0.0123. The number of hydrogen-bond acceptors (Lipinski definition) is 6. The normalized spacial score (nSPS) is 17.3. The minimum atomic E-state index is -0.527. The highest BCUT2D eigenvalue weighted by Gasteiger charge is 2.27. The van der Waals surface area contributed by atoms with Crippen molar-refractivity contribution in [2.24, 2.45) is 0 Å². The maximum atomic E-state index is 12.3. The quantitative estimate of drug-likeness (QED) is 0.636. The molecule has 0 spiro atoms. The molecule has 2 aromatic heterocycles. The molecule has 176 valence electrons. The Hall–Kier alpha value is -2.32. The summed E-state index contributed by atoms with van der Waals surface area (Å²) in [6, 6.07) is 1.87. The molecule has 0 aliphatic carbocycles. The molecule has 8 nitrogen and oxygen atoms in total. The predicted molar refractivity (Wildman–Crippen MR) is 126 cm³/mol. The number of ether oxygens (including phenoxy) is 2. The zero-order valence-corrected chi connectivity index (χ0v) is 20.6. The van der Waals surface area contributed by atoms with Crippen LogP contribution in [0.3, 0.4) is 0 Å². The van der Waals surface area contributed by atoms with E-state index < -0.39 is 5.60 Å². The molecule has 2 aromatic rings. The maximum Gasteiger partial charge on any atom is 0.407 e. The number of amides is 1. The summed E-state index contributed by atoms with van der Waals surface area (Å²) in [5.41, 5.74) is 2.08. The van der Waals surface area contributed by atoms with Crippen LogP contribution in [0.5, 0.6) is 0 Å². The number of nitrogens with one attached hydrogen (secondary N) is 1. The first kappa shape index (κ1) is 24.3. The lowest BCUT2D eigenvalue weighted by Gasteiger charge is -2.36. The van der Waals surface area contributed by atoms with E-state index in [9.17, 15) is 4.79 Å². The number of hydrogen-bond donors (Lipinski definition) is 1. The molecule has 0 bridgehead atoms. The summed E-state index contributed by atoms with van der Waals surface area (Å²) in [4.78, 5) is 18.8. The van der Waals surface area contributed by atoms with Crippen LogP contribution in [0.2, 0.25) is 5.15 Å². The predicted octanol–water partition coefficient (Wildman–Crippen LogP) is 4.47. The van der Waals surface area contributed by atoms with Crippen LogP contribution in [0.15, 0.2) is 24.7 Å². The van der Waals surface area contributed by atoms with Crippen LogP contribution in [0, 0.1) is 0 Å². The summed E-state index contributed by atoms with van der Waals surface area (Å²) in [5.74, 6) is 0. The highest BCUT2D eigenvalue weighted by atomic mass is 35.5. The van der Waals surface area contributed by atoms with Crippen LogP contribution in [0.4, 0.5) is 10.5 Å². The van der Waals surface area contributed by atoms with Crippen molar-refractivity contribution in [1.82, 2.24) is 20.1 Å². The largest absolute Gasteiger partial charge is 0.444 e. The Morgan fingerprint density at radius 2 is 2.03 bits per heavy atom. The second kappa shape index (κ2) is 9.67. The Bertz CT molecular complexity index is 938. The van der Waals surface area contributed by atoms with Gasteiger partial charge in [0, 0.05) is 55.4 Å². The number of carbonyl (C=O) groups excluding carboxylic acids is 1. The second-order valence-corrected chi connectivity index (χ2v) is 10.3. The SMILES string of the molecule is COCC(C)(C)n1cc(-c2cnc(Cl)cc2N2CCC[C@H](NC(=O)OC(C)(C)C)C2)cn1. The van der Waals surface area contributed by atoms with E-state index in [0.717, 1.165) is 36.2 Å². The van der Waals surface area contributed by atoms with E-state index in [1.807, 2.05) is 43.9 Å². The van der Waals surface area contributed by atoms with Gasteiger partial charge in [0.05, 0.1) is 18.3 Å². The molecule has 0 radical (unpaired) electrons. The molecular weight excluding hydrogens is 430 g/mol. The number of nitrogens with zero attached hydrogens (tertiary/aromatic N) is 4. The maximum absolute atomic E-state index is 12.3. The van der Waals surface area contributed by atoms with Crippen molar-refractivity contribution in [3.63, 3.8) is 0 Å². The molecule has 32 heavy (non-hydrogen) atoms. The third-order valence-corrected chi connectivity index (χ3v) is 5.55. The van der Waals surface area contributed by atoms with E-state index in [1.54, 1.807) is 13.3 Å². The summed E-state index contributed by atoms with van der Waals surface area (Å²) in [7, 11) is 1.69. The van der Waals surface area contributed by atoms with E-state index in [2.05, 4.69) is 34.1 Å². The standard InChI is InChI=1S/C23H34ClN5O3/c1-22(2,3)32-21(30)27-17-8-7-9-28(14-17)19-10-20(24)25-12-18(19)16-11-26-29(13-16)23(4,5)15-31-6/h10-13,17H,7-9,14-15H2,1-6H3,(H,27,30)/t17-/m0/s1. The van der Waals surface area contributed by atoms with Gasteiger partial charge in [0.1, 0.15) is 10.8 Å². The Morgan fingerprint density at radius 3 is 2.72 bits per heavy atom. The Kier molecular flexibility index (Phi) is 7.35. The van der Waals surface area contributed by atoms with E-state index >= 15 is 0 Å². The average molecular weight is 464 g/mol. The van der Waals surface area contributed by atoms with Crippen molar-refractivity contribution in [2.45, 2.75) is 64.6 Å². The molecule has 1 N–H and O–H groups in total. The van der Waals surface area contributed by atoms with Gasteiger partial charge in [-0.05, 0) is 53.5 Å². The van der Waals surface area contributed by atoms with Gasteiger partial charge >= 0.3 is 6.09 Å². The Labute approximate surface area is 195 Å². The lowest BCUT2D eigenvalue weighted by Crippen LogP contribution is -2.49. The molecule has 3 rings (SSSR count). The zero-order valence-electron chi connectivity index (χ0n) is 19.8. The molecule has 0 saturated carbocycles. The Balaban J connectivity index is 1.82. The minimum Gasteiger partial charge on any atom is -0.444 e. The van der Waals surface area contributed by atoms with Crippen molar-refractivity contribution in [3.05, 3.63) is 29.8 Å². The lowest BCUT2D eigenvalue weighted by molar-refractivity contribution is 0.0500. The molecule has 1 saturated heterocycles. The summed E-state index contributed by atoms with van der Waals surface area (Å²) in [5, 5.41) is 8.00. The molecule has 1 aliphatic rings. The summed E-state index contributed by atoms with van der Waals surface area (Å²) in [6.07, 6.45) is 7.08. The van der Waals surface area contributed by atoms with Crippen LogP contribution in [-0.4, -0.2) is 59.3 Å². The van der Waals surface area contributed by atoms with Crippen molar-refractivity contribution in [3.8, 4) is 11.1 Å². The van der Waals surface area contributed by atoms with Crippen molar-refractivity contribution < 1.29 is 14.3 Å². The molecule has 1 fully saturated rings. The number of carbonyl (C=O) groups is 1. The zero-order chi connectivity index (χ0) is 23.5. The molecule has 1 aliphatic heterocycles. The molecule has 0 aromatic carbocycles. The van der Waals surface area contributed by atoms with E-state index in [4.69, 9.17) is 21.1 Å². The number of halogens is 1. The van der Waals surface area contributed by atoms with Crippen LogP contribution < -0.4 is 10.2 Å². The fourth-order valence-electron chi connectivity index (χ4n) is 3.90. The second-order valence-electron chi connectivity index (χ2n) is 9.87. The molecule has 1 amide bonds. The van der Waals surface area contributed by atoms with E-state index in [-0.39, 0.29) is 17.7 Å². The molecular formula is C23H34ClN5O3. The third kappa shape index (κ3) is 6.13. The van der Waals surface area contributed by atoms with Gasteiger partial charge in [-0.15, -0.1) is 0 Å². The van der Waals surface area contributed by atoms with Crippen molar-refractivity contribution in [2.75, 3.05) is 31.7 Å². The third-order valence-electron chi connectivity index (χ3n) is 5.34. The number of rotatable bonds is 6. The monoisotopic (exact) mass is 463 g/mol. The summed E-state index contributed by atoms with van der Waals surface area (Å²) < 4.78 is 12.7. The lowest BCUT2D eigenvalue weighted by atomic mass is 10.0. The summed E-state index contributed by atoms with van der Waals surface area (Å²) >= 11 is 6.27.